The summed E-state index contributed by atoms with van der Waals surface area (Å²) in [7, 11) is 1.39. The van der Waals surface area contributed by atoms with Gasteiger partial charge in [0.25, 0.3) is 0 Å². The number of piperidine rings is 1. The zero-order valence-electron chi connectivity index (χ0n) is 12.3. The van der Waals surface area contributed by atoms with Crippen molar-refractivity contribution in [3.63, 3.8) is 0 Å². The van der Waals surface area contributed by atoms with Crippen LogP contribution in [0.3, 0.4) is 0 Å². The maximum Gasteiger partial charge on any atom is 0.328 e. The largest absolute Gasteiger partial charge is 0.467 e. The van der Waals surface area contributed by atoms with Gasteiger partial charge in [-0.1, -0.05) is 0 Å². The lowest BCUT2D eigenvalue weighted by molar-refractivity contribution is -0.156. The van der Waals surface area contributed by atoms with Crippen molar-refractivity contribution in [1.29, 1.82) is 0 Å². The van der Waals surface area contributed by atoms with E-state index in [9.17, 15) is 9.59 Å². The Bertz CT molecular complexity index is 540. The molecule has 1 aromatic heterocycles. The highest BCUT2D eigenvalue weighted by molar-refractivity contribution is 5.86. The summed E-state index contributed by atoms with van der Waals surface area (Å²) in [5.74, 6) is -0.255. The number of aryl methyl sites for hydroxylation is 1. The van der Waals surface area contributed by atoms with Crippen molar-refractivity contribution in [3.8, 4) is 0 Å². The van der Waals surface area contributed by atoms with E-state index in [0.29, 0.717) is 19.4 Å². The van der Waals surface area contributed by atoms with Gasteiger partial charge in [0, 0.05) is 24.6 Å². The highest BCUT2D eigenvalue weighted by Crippen LogP contribution is 2.27. The molecule has 6 nitrogen and oxygen atoms in total. The molecule has 114 valence electrons. The minimum atomic E-state index is -0.403. The molecule has 21 heavy (non-hydrogen) atoms. The van der Waals surface area contributed by atoms with E-state index in [-0.39, 0.29) is 17.8 Å². The predicted molar refractivity (Wildman–Crippen MR) is 75.5 cm³/mol. The molecule has 0 spiro atoms. The molecule has 0 saturated carbocycles. The molecule has 2 atom stereocenters. The number of amides is 1. The van der Waals surface area contributed by atoms with Crippen LogP contribution in [0.25, 0.3) is 0 Å². The first-order chi connectivity index (χ1) is 10.2. The van der Waals surface area contributed by atoms with Gasteiger partial charge in [-0.3, -0.25) is 4.79 Å². The third-order valence-corrected chi connectivity index (χ3v) is 4.60. The fourth-order valence-corrected chi connectivity index (χ4v) is 3.42. The van der Waals surface area contributed by atoms with Crippen LogP contribution in [-0.4, -0.2) is 46.4 Å². The summed E-state index contributed by atoms with van der Waals surface area (Å²) in [5.41, 5.74) is 2.13. The molecule has 0 radical (unpaired) electrons. The van der Waals surface area contributed by atoms with Crippen molar-refractivity contribution in [1.82, 2.24) is 14.9 Å². The quantitative estimate of drug-likeness (QED) is 0.827. The molecule has 1 saturated heterocycles. The molecule has 2 heterocycles. The number of esters is 1. The lowest BCUT2D eigenvalue weighted by Gasteiger charge is -2.36. The number of fused-ring (bicyclic) bond motifs is 1. The van der Waals surface area contributed by atoms with Crippen molar-refractivity contribution >= 4 is 11.9 Å². The Morgan fingerprint density at radius 3 is 3.05 bits per heavy atom. The Morgan fingerprint density at radius 1 is 1.38 bits per heavy atom. The van der Waals surface area contributed by atoms with Gasteiger partial charge < -0.3 is 14.6 Å². The van der Waals surface area contributed by atoms with E-state index in [0.717, 1.165) is 37.1 Å². The van der Waals surface area contributed by atoms with Crippen molar-refractivity contribution in [2.24, 2.45) is 5.92 Å². The Morgan fingerprint density at radius 2 is 2.24 bits per heavy atom. The van der Waals surface area contributed by atoms with E-state index < -0.39 is 6.04 Å². The van der Waals surface area contributed by atoms with E-state index in [1.807, 2.05) is 0 Å². The van der Waals surface area contributed by atoms with Crippen molar-refractivity contribution in [3.05, 3.63) is 17.7 Å². The smallest absolute Gasteiger partial charge is 0.328 e. The van der Waals surface area contributed by atoms with Crippen LogP contribution in [0, 0.1) is 5.92 Å². The third-order valence-electron chi connectivity index (χ3n) is 4.60. The molecular weight excluding hydrogens is 270 g/mol. The number of H-pyrrole nitrogens is 1. The van der Waals surface area contributed by atoms with Gasteiger partial charge in [0.05, 0.1) is 19.1 Å². The lowest BCUT2D eigenvalue weighted by Crippen LogP contribution is -2.51. The lowest BCUT2D eigenvalue weighted by atomic mass is 9.87. The van der Waals surface area contributed by atoms with Crippen molar-refractivity contribution in [2.45, 2.75) is 44.6 Å². The number of carbonyl (C=O) groups excluding carboxylic acids is 2. The molecule has 1 aromatic rings. The number of nitrogens with zero attached hydrogens (tertiary/aromatic N) is 2. The van der Waals surface area contributed by atoms with Crippen molar-refractivity contribution < 1.29 is 14.3 Å². The standard InChI is InChI=1S/C15H21N3O3/c1-21-15(20)13-4-2-3-7-18(13)14(19)10-5-6-11-12(8-10)17-9-16-11/h9-10,13H,2-8H2,1H3,(H,16,17). The van der Waals surface area contributed by atoms with Crippen LogP contribution < -0.4 is 0 Å². The van der Waals surface area contributed by atoms with E-state index in [4.69, 9.17) is 4.74 Å². The monoisotopic (exact) mass is 291 g/mol. The van der Waals surface area contributed by atoms with Gasteiger partial charge in [-0.2, -0.15) is 0 Å². The number of imidazole rings is 1. The molecule has 0 bridgehead atoms. The van der Waals surface area contributed by atoms with Gasteiger partial charge in [-0.05, 0) is 32.1 Å². The fourth-order valence-electron chi connectivity index (χ4n) is 3.42. The van der Waals surface area contributed by atoms with E-state index in [1.54, 1.807) is 11.2 Å². The summed E-state index contributed by atoms with van der Waals surface area (Å²) in [4.78, 5) is 33.8. The first kappa shape index (κ1) is 14.1. The highest BCUT2D eigenvalue weighted by Gasteiger charge is 2.37. The number of hydrogen-bond donors (Lipinski definition) is 1. The van der Waals surface area contributed by atoms with Gasteiger partial charge in [-0.15, -0.1) is 0 Å². The van der Waals surface area contributed by atoms with Crippen LogP contribution in [0.5, 0.6) is 0 Å². The van der Waals surface area contributed by atoms with Crippen LogP contribution in [0.2, 0.25) is 0 Å². The van der Waals surface area contributed by atoms with Crippen LogP contribution in [-0.2, 0) is 27.2 Å². The molecular formula is C15H21N3O3. The maximum absolute atomic E-state index is 12.8. The first-order valence-corrected chi connectivity index (χ1v) is 7.60. The van der Waals surface area contributed by atoms with Crippen LogP contribution >= 0.6 is 0 Å². The number of aromatic amines is 1. The maximum atomic E-state index is 12.8. The molecule has 1 aliphatic carbocycles. The highest BCUT2D eigenvalue weighted by atomic mass is 16.5. The van der Waals surface area contributed by atoms with Crippen molar-refractivity contribution in [2.75, 3.05) is 13.7 Å². The molecule has 2 unspecified atom stereocenters. The van der Waals surface area contributed by atoms with Crippen LogP contribution in [0.4, 0.5) is 0 Å². The van der Waals surface area contributed by atoms with Gasteiger partial charge in [0.2, 0.25) is 5.91 Å². The number of ether oxygens (including phenoxy) is 1. The van der Waals surface area contributed by atoms with Crippen LogP contribution in [0.1, 0.15) is 37.1 Å². The zero-order chi connectivity index (χ0) is 14.8. The number of nitrogens with one attached hydrogen (secondary N) is 1. The topological polar surface area (TPSA) is 75.3 Å². The van der Waals surface area contributed by atoms with Crippen LogP contribution in [0.15, 0.2) is 6.33 Å². The summed E-state index contributed by atoms with van der Waals surface area (Å²) in [6.07, 6.45) is 6.65. The molecule has 3 rings (SSSR count). The van der Waals surface area contributed by atoms with E-state index in [2.05, 4.69) is 9.97 Å². The summed E-state index contributed by atoms with van der Waals surface area (Å²) in [5, 5.41) is 0. The summed E-state index contributed by atoms with van der Waals surface area (Å²) < 4.78 is 4.85. The van der Waals surface area contributed by atoms with Gasteiger partial charge >= 0.3 is 5.97 Å². The summed E-state index contributed by atoms with van der Waals surface area (Å²) in [6, 6.07) is -0.403. The molecule has 1 N–H and O–H groups in total. The summed E-state index contributed by atoms with van der Waals surface area (Å²) >= 11 is 0. The number of aromatic nitrogens is 2. The van der Waals surface area contributed by atoms with Gasteiger partial charge in [0.1, 0.15) is 6.04 Å². The number of hydrogen-bond acceptors (Lipinski definition) is 4. The number of likely N-dealkylation sites (tertiary alicyclic amines) is 1. The van der Waals surface area contributed by atoms with Gasteiger partial charge in [-0.25, -0.2) is 9.78 Å². The normalized spacial score (nSPS) is 25.3. The zero-order valence-corrected chi connectivity index (χ0v) is 12.3. The third kappa shape index (κ3) is 2.66. The average Bonchev–Trinajstić information content (AvgIpc) is 3.01. The second-order valence-electron chi connectivity index (χ2n) is 5.83. The molecule has 2 aliphatic rings. The van der Waals surface area contributed by atoms with E-state index >= 15 is 0 Å². The predicted octanol–water partition coefficient (Wildman–Crippen LogP) is 1.07. The van der Waals surface area contributed by atoms with Gasteiger partial charge in [0.15, 0.2) is 0 Å². The molecule has 1 amide bonds. The minimum absolute atomic E-state index is 0.0526. The second kappa shape index (κ2) is 5.87. The fraction of sp³-hybridized carbons (Fsp3) is 0.667. The first-order valence-electron chi connectivity index (χ1n) is 7.60. The summed E-state index contributed by atoms with van der Waals surface area (Å²) in [6.45, 7) is 0.658. The molecule has 1 fully saturated rings. The molecule has 1 aliphatic heterocycles. The van der Waals surface area contributed by atoms with E-state index in [1.165, 1.54) is 7.11 Å². The molecule has 6 heteroatoms. The SMILES string of the molecule is COC(=O)C1CCCCN1C(=O)C1CCc2nc[nH]c2C1. The Labute approximate surface area is 123 Å². The number of rotatable bonds is 2. The Kier molecular flexibility index (Phi) is 3.94. The minimum Gasteiger partial charge on any atom is -0.467 e. The number of carbonyl (C=O) groups is 2. The second-order valence-corrected chi connectivity index (χ2v) is 5.83. The number of methoxy groups -OCH3 is 1. The Balaban J connectivity index is 1.73. The average molecular weight is 291 g/mol. The molecule has 0 aromatic carbocycles. The Hall–Kier alpha value is -1.85.